The first-order valence-corrected chi connectivity index (χ1v) is 7.94. The fraction of sp³-hybridized carbons (Fsp3) is 0.333. The molecule has 124 valence electrons. The Kier molecular flexibility index (Phi) is 4.05. The molecule has 0 atom stereocenters. The minimum absolute atomic E-state index is 0.0241. The van der Waals surface area contributed by atoms with Gasteiger partial charge in [-0.3, -0.25) is 4.79 Å². The molecule has 6 nitrogen and oxygen atoms in total. The van der Waals surface area contributed by atoms with Gasteiger partial charge >= 0.3 is 0 Å². The third kappa shape index (κ3) is 2.99. The van der Waals surface area contributed by atoms with Crippen molar-refractivity contribution >= 4 is 22.5 Å². The van der Waals surface area contributed by atoms with E-state index in [2.05, 4.69) is 34.1 Å². The fourth-order valence-electron chi connectivity index (χ4n) is 2.80. The summed E-state index contributed by atoms with van der Waals surface area (Å²) < 4.78 is 1.58. The van der Waals surface area contributed by atoms with E-state index >= 15 is 0 Å². The van der Waals surface area contributed by atoms with Gasteiger partial charge in [-0.05, 0) is 37.5 Å². The van der Waals surface area contributed by atoms with E-state index in [1.807, 2.05) is 32.0 Å². The zero-order chi connectivity index (χ0) is 17.4. The normalized spacial score (nSPS) is 11.2. The van der Waals surface area contributed by atoms with Gasteiger partial charge < -0.3 is 9.88 Å². The zero-order valence-corrected chi connectivity index (χ0v) is 14.6. The van der Waals surface area contributed by atoms with Crippen LogP contribution < -0.4 is 10.9 Å². The van der Waals surface area contributed by atoms with Gasteiger partial charge in [0.05, 0.1) is 10.9 Å². The van der Waals surface area contributed by atoms with Crippen LogP contribution >= 0.6 is 0 Å². The first-order chi connectivity index (χ1) is 11.3. The summed E-state index contributed by atoms with van der Waals surface area (Å²) in [4.78, 5) is 25.7. The summed E-state index contributed by atoms with van der Waals surface area (Å²) in [7, 11) is 1.75. The lowest BCUT2D eigenvalue weighted by atomic mass is 9.99. The summed E-state index contributed by atoms with van der Waals surface area (Å²) in [6.07, 6.45) is 1.74. The van der Waals surface area contributed by atoms with Gasteiger partial charge in [0.1, 0.15) is 17.5 Å². The van der Waals surface area contributed by atoms with Crippen LogP contribution in [0.25, 0.3) is 10.9 Å². The van der Waals surface area contributed by atoms with Crippen LogP contribution in [0, 0.1) is 13.8 Å². The van der Waals surface area contributed by atoms with E-state index in [4.69, 9.17) is 0 Å². The van der Waals surface area contributed by atoms with E-state index in [-0.39, 0.29) is 11.5 Å². The number of anilines is 2. The van der Waals surface area contributed by atoms with Crippen molar-refractivity contribution in [1.82, 2.24) is 19.5 Å². The highest BCUT2D eigenvalue weighted by Gasteiger charge is 2.13. The molecule has 0 fully saturated rings. The average Bonchev–Trinajstić information content (AvgIpc) is 2.49. The third-order valence-corrected chi connectivity index (χ3v) is 3.91. The van der Waals surface area contributed by atoms with Crippen LogP contribution in [0.15, 0.2) is 29.2 Å². The standard InChI is InChI=1S/C18H21N5O/c1-10(2)13-9-16(22-15-8-11(3)19-12(4)20-15)21-14-6-7-23(5)18(24)17(13)14/h6-10H,1-5H3,(H,19,20,21,22). The van der Waals surface area contributed by atoms with Crippen molar-refractivity contribution in [1.29, 1.82) is 0 Å². The van der Waals surface area contributed by atoms with Crippen LogP contribution in [-0.2, 0) is 7.05 Å². The predicted octanol–water partition coefficient (Wildman–Crippen LogP) is 3.21. The second-order valence-electron chi connectivity index (χ2n) is 6.31. The Labute approximate surface area is 140 Å². The molecule has 3 rings (SSSR count). The molecule has 3 aromatic heterocycles. The average molecular weight is 323 g/mol. The predicted molar refractivity (Wildman–Crippen MR) is 95.9 cm³/mol. The van der Waals surface area contributed by atoms with E-state index in [0.717, 1.165) is 11.3 Å². The van der Waals surface area contributed by atoms with Gasteiger partial charge in [-0.2, -0.15) is 0 Å². The largest absolute Gasteiger partial charge is 0.325 e. The summed E-state index contributed by atoms with van der Waals surface area (Å²) in [6.45, 7) is 7.93. The number of hydrogen-bond acceptors (Lipinski definition) is 5. The van der Waals surface area contributed by atoms with Gasteiger partial charge in [0, 0.05) is 25.0 Å². The number of pyridine rings is 2. The molecule has 0 unspecified atom stereocenters. The van der Waals surface area contributed by atoms with Gasteiger partial charge in [0.15, 0.2) is 0 Å². The highest BCUT2D eigenvalue weighted by molar-refractivity contribution is 5.84. The molecular formula is C18H21N5O. The maximum atomic E-state index is 12.5. The second-order valence-corrected chi connectivity index (χ2v) is 6.31. The molecule has 0 spiro atoms. The number of aromatic nitrogens is 4. The lowest BCUT2D eigenvalue weighted by molar-refractivity contribution is 0.848. The van der Waals surface area contributed by atoms with Crippen LogP contribution in [-0.4, -0.2) is 19.5 Å². The van der Waals surface area contributed by atoms with Crippen molar-refractivity contribution in [2.45, 2.75) is 33.6 Å². The van der Waals surface area contributed by atoms with Gasteiger partial charge in [0.2, 0.25) is 0 Å². The SMILES string of the molecule is Cc1cc(Nc2cc(C(C)C)c3c(=O)n(C)ccc3n2)nc(C)n1. The van der Waals surface area contributed by atoms with E-state index in [1.54, 1.807) is 17.8 Å². The van der Waals surface area contributed by atoms with Crippen molar-refractivity contribution < 1.29 is 0 Å². The number of hydrogen-bond donors (Lipinski definition) is 1. The Bertz CT molecular complexity index is 955. The van der Waals surface area contributed by atoms with Crippen molar-refractivity contribution in [3.63, 3.8) is 0 Å². The molecule has 0 aliphatic carbocycles. The van der Waals surface area contributed by atoms with E-state index < -0.39 is 0 Å². The molecule has 24 heavy (non-hydrogen) atoms. The van der Waals surface area contributed by atoms with E-state index in [9.17, 15) is 4.79 Å². The number of nitrogens with one attached hydrogen (secondary N) is 1. The Hall–Kier alpha value is -2.76. The van der Waals surface area contributed by atoms with Gasteiger partial charge in [-0.15, -0.1) is 0 Å². The fourth-order valence-corrected chi connectivity index (χ4v) is 2.80. The summed E-state index contributed by atoms with van der Waals surface area (Å²) in [6, 6.07) is 5.67. The number of rotatable bonds is 3. The van der Waals surface area contributed by atoms with Crippen molar-refractivity contribution in [3.05, 3.63) is 51.8 Å². The molecule has 6 heteroatoms. The lowest BCUT2D eigenvalue weighted by Crippen LogP contribution is -2.18. The van der Waals surface area contributed by atoms with E-state index in [0.29, 0.717) is 28.4 Å². The minimum Gasteiger partial charge on any atom is -0.325 e. The molecule has 0 radical (unpaired) electrons. The monoisotopic (exact) mass is 323 g/mol. The number of aryl methyl sites for hydroxylation is 3. The first kappa shape index (κ1) is 16.1. The topological polar surface area (TPSA) is 72.7 Å². The van der Waals surface area contributed by atoms with Crippen LogP contribution in [0.5, 0.6) is 0 Å². The van der Waals surface area contributed by atoms with Crippen LogP contribution in [0.2, 0.25) is 0 Å². The minimum atomic E-state index is -0.0241. The van der Waals surface area contributed by atoms with Crippen molar-refractivity contribution in [3.8, 4) is 0 Å². The van der Waals surface area contributed by atoms with Crippen LogP contribution in [0.3, 0.4) is 0 Å². The van der Waals surface area contributed by atoms with Crippen LogP contribution in [0.1, 0.15) is 36.8 Å². The summed E-state index contributed by atoms with van der Waals surface area (Å²) in [5, 5.41) is 3.91. The Morgan fingerprint density at radius 1 is 1.08 bits per heavy atom. The molecular weight excluding hydrogens is 302 g/mol. The number of fused-ring (bicyclic) bond motifs is 1. The Balaban J connectivity index is 2.16. The first-order valence-electron chi connectivity index (χ1n) is 7.94. The van der Waals surface area contributed by atoms with Crippen molar-refractivity contribution in [2.75, 3.05) is 5.32 Å². The highest BCUT2D eigenvalue weighted by atomic mass is 16.1. The summed E-state index contributed by atoms with van der Waals surface area (Å²) in [5.74, 6) is 2.29. The molecule has 0 aliphatic heterocycles. The summed E-state index contributed by atoms with van der Waals surface area (Å²) >= 11 is 0. The van der Waals surface area contributed by atoms with Crippen molar-refractivity contribution in [2.24, 2.45) is 7.05 Å². The Morgan fingerprint density at radius 3 is 2.46 bits per heavy atom. The molecule has 0 saturated heterocycles. The molecule has 3 heterocycles. The Morgan fingerprint density at radius 2 is 1.79 bits per heavy atom. The number of nitrogens with zero attached hydrogens (tertiary/aromatic N) is 4. The molecule has 0 aliphatic rings. The van der Waals surface area contributed by atoms with E-state index in [1.165, 1.54) is 0 Å². The quantitative estimate of drug-likeness (QED) is 0.801. The molecule has 0 aromatic carbocycles. The maximum Gasteiger partial charge on any atom is 0.260 e. The van der Waals surface area contributed by atoms with Gasteiger partial charge in [-0.25, -0.2) is 15.0 Å². The van der Waals surface area contributed by atoms with Gasteiger partial charge in [-0.1, -0.05) is 13.8 Å². The molecule has 1 N–H and O–H groups in total. The molecule has 0 saturated carbocycles. The molecule has 3 aromatic rings. The highest BCUT2D eigenvalue weighted by Crippen LogP contribution is 2.26. The van der Waals surface area contributed by atoms with Crippen LogP contribution in [0.4, 0.5) is 11.6 Å². The van der Waals surface area contributed by atoms with Gasteiger partial charge in [0.25, 0.3) is 5.56 Å². The summed E-state index contributed by atoms with van der Waals surface area (Å²) in [5.41, 5.74) is 2.54. The lowest BCUT2D eigenvalue weighted by Gasteiger charge is -2.14. The molecule has 0 bridgehead atoms. The maximum absolute atomic E-state index is 12.5. The zero-order valence-electron chi connectivity index (χ0n) is 14.6. The third-order valence-electron chi connectivity index (χ3n) is 3.91. The second kappa shape index (κ2) is 6.03. The smallest absolute Gasteiger partial charge is 0.260 e. The molecule has 0 amide bonds.